The Kier molecular flexibility index (Phi) is 4.37. The van der Waals surface area contributed by atoms with Crippen LogP contribution in [-0.2, 0) is 4.74 Å². The lowest BCUT2D eigenvalue weighted by Gasteiger charge is -2.05. The highest BCUT2D eigenvalue weighted by Gasteiger charge is 2.07. The Morgan fingerprint density at radius 3 is 2.75 bits per heavy atom. The molecule has 0 fully saturated rings. The molecule has 1 amide bonds. The second-order valence-electron chi connectivity index (χ2n) is 2.46. The summed E-state index contributed by atoms with van der Waals surface area (Å²) in [5.74, 6) is -0.246. The zero-order chi connectivity index (χ0) is 12.0. The third kappa shape index (κ3) is 4.03. The molecule has 16 heavy (non-hydrogen) atoms. The highest BCUT2D eigenvalue weighted by Crippen LogP contribution is 2.10. The molecule has 0 aliphatic carbocycles. The van der Waals surface area contributed by atoms with E-state index in [0.717, 1.165) is 12.4 Å². The number of rotatable bonds is 4. The van der Waals surface area contributed by atoms with Gasteiger partial charge in [-0.2, -0.15) is 8.78 Å². The fourth-order valence-electron chi connectivity index (χ4n) is 0.805. The molecule has 0 aromatic carbocycles. The van der Waals surface area contributed by atoms with Crippen LogP contribution in [0.15, 0.2) is 12.4 Å². The van der Waals surface area contributed by atoms with Crippen LogP contribution in [0.2, 0.25) is 0 Å². The summed E-state index contributed by atoms with van der Waals surface area (Å²) in [4.78, 5) is 18.0. The number of nitrogens with one attached hydrogen (secondary N) is 1. The van der Waals surface area contributed by atoms with Gasteiger partial charge in [0.05, 0.1) is 19.0 Å². The third-order valence-electron chi connectivity index (χ3n) is 1.34. The molecule has 0 spiro atoms. The van der Waals surface area contributed by atoms with Crippen LogP contribution in [-0.4, -0.2) is 29.3 Å². The summed E-state index contributed by atoms with van der Waals surface area (Å²) in [6, 6.07) is 0. The standard InChI is InChI=1S/C8H9F2N3O3/c1-2-15-8(14)13-5-3-12-6(4-11-5)16-7(9)10/h3-4,7H,2H2,1H3,(H,11,13,14). The number of alkyl halides is 2. The molecular weight excluding hydrogens is 224 g/mol. The van der Waals surface area contributed by atoms with Crippen LogP contribution < -0.4 is 10.1 Å². The molecule has 8 heteroatoms. The summed E-state index contributed by atoms with van der Waals surface area (Å²) in [6.07, 6.45) is 1.35. The smallest absolute Gasteiger partial charge is 0.412 e. The fourth-order valence-corrected chi connectivity index (χ4v) is 0.805. The van der Waals surface area contributed by atoms with E-state index in [1.165, 1.54) is 0 Å². The first-order chi connectivity index (χ1) is 7.61. The first kappa shape index (κ1) is 12.1. The predicted octanol–water partition coefficient (Wildman–Crippen LogP) is 1.65. The van der Waals surface area contributed by atoms with E-state index in [4.69, 9.17) is 0 Å². The van der Waals surface area contributed by atoms with E-state index < -0.39 is 12.7 Å². The lowest BCUT2D eigenvalue weighted by molar-refractivity contribution is -0.0530. The Morgan fingerprint density at radius 1 is 1.50 bits per heavy atom. The number of carbonyl (C=O) groups is 1. The van der Waals surface area contributed by atoms with Crippen molar-refractivity contribution in [2.24, 2.45) is 0 Å². The highest BCUT2D eigenvalue weighted by molar-refractivity contribution is 5.82. The second kappa shape index (κ2) is 5.79. The minimum absolute atomic E-state index is 0.0834. The van der Waals surface area contributed by atoms with E-state index in [2.05, 4.69) is 24.8 Å². The molecule has 0 aliphatic heterocycles. The number of halogens is 2. The van der Waals surface area contributed by atoms with Gasteiger partial charge in [0.25, 0.3) is 0 Å². The molecule has 0 unspecified atom stereocenters. The van der Waals surface area contributed by atoms with Crippen LogP contribution in [0.5, 0.6) is 5.88 Å². The Labute approximate surface area is 89.6 Å². The number of ether oxygens (including phenoxy) is 2. The van der Waals surface area contributed by atoms with E-state index in [1.54, 1.807) is 6.92 Å². The minimum Gasteiger partial charge on any atom is -0.450 e. The van der Waals surface area contributed by atoms with Crippen molar-refractivity contribution >= 4 is 11.9 Å². The maximum absolute atomic E-state index is 11.8. The van der Waals surface area contributed by atoms with Crippen LogP contribution >= 0.6 is 0 Å². The number of amides is 1. The van der Waals surface area contributed by atoms with Crippen LogP contribution in [0.4, 0.5) is 19.4 Å². The fraction of sp³-hybridized carbons (Fsp3) is 0.375. The Balaban J connectivity index is 2.54. The van der Waals surface area contributed by atoms with Gasteiger partial charge in [-0.05, 0) is 6.92 Å². The van der Waals surface area contributed by atoms with Crippen molar-refractivity contribution in [2.75, 3.05) is 11.9 Å². The van der Waals surface area contributed by atoms with E-state index in [1.807, 2.05) is 0 Å². The van der Waals surface area contributed by atoms with Gasteiger partial charge in [-0.3, -0.25) is 5.32 Å². The lowest BCUT2D eigenvalue weighted by atomic mass is 10.6. The van der Waals surface area contributed by atoms with Crippen LogP contribution in [0, 0.1) is 0 Å². The van der Waals surface area contributed by atoms with Gasteiger partial charge in [0.2, 0.25) is 5.88 Å². The highest BCUT2D eigenvalue weighted by atomic mass is 19.3. The van der Waals surface area contributed by atoms with Gasteiger partial charge in [-0.1, -0.05) is 0 Å². The normalized spacial score (nSPS) is 10.0. The van der Waals surface area contributed by atoms with E-state index in [9.17, 15) is 13.6 Å². The van der Waals surface area contributed by atoms with Gasteiger partial charge >= 0.3 is 12.7 Å². The molecule has 0 bridgehead atoms. The molecule has 1 rings (SSSR count). The van der Waals surface area contributed by atoms with Gasteiger partial charge in [0.15, 0.2) is 5.82 Å². The number of aromatic nitrogens is 2. The minimum atomic E-state index is -2.96. The van der Waals surface area contributed by atoms with Crippen molar-refractivity contribution in [1.82, 2.24) is 9.97 Å². The summed E-state index contributed by atoms with van der Waals surface area (Å²) in [6.45, 7) is -1.10. The van der Waals surface area contributed by atoms with Gasteiger partial charge in [-0.25, -0.2) is 14.8 Å². The average Bonchev–Trinajstić information content (AvgIpc) is 2.20. The average molecular weight is 233 g/mol. The maximum atomic E-state index is 11.8. The predicted molar refractivity (Wildman–Crippen MR) is 49.3 cm³/mol. The maximum Gasteiger partial charge on any atom is 0.412 e. The number of nitrogens with zero attached hydrogens (tertiary/aromatic N) is 2. The van der Waals surface area contributed by atoms with Crippen molar-refractivity contribution < 1.29 is 23.0 Å². The summed E-state index contributed by atoms with van der Waals surface area (Å²) in [5, 5.41) is 2.25. The molecule has 88 valence electrons. The number of hydrogen-bond donors (Lipinski definition) is 1. The number of anilines is 1. The van der Waals surface area contributed by atoms with Crippen LogP contribution in [0.1, 0.15) is 6.92 Å². The molecule has 1 aromatic rings. The molecular formula is C8H9F2N3O3. The Morgan fingerprint density at radius 2 is 2.25 bits per heavy atom. The summed E-state index contributed by atoms with van der Waals surface area (Å²) >= 11 is 0. The molecule has 0 radical (unpaired) electrons. The molecule has 0 saturated heterocycles. The second-order valence-corrected chi connectivity index (χ2v) is 2.46. The number of hydrogen-bond acceptors (Lipinski definition) is 5. The first-order valence-corrected chi connectivity index (χ1v) is 4.32. The number of carbonyl (C=O) groups excluding carboxylic acids is 1. The summed E-state index contributed by atoms with van der Waals surface area (Å²) < 4.78 is 32.0. The first-order valence-electron chi connectivity index (χ1n) is 4.32. The topological polar surface area (TPSA) is 73.3 Å². The molecule has 1 aromatic heterocycles. The molecule has 0 saturated carbocycles. The SMILES string of the molecule is CCOC(=O)Nc1cnc(OC(F)F)cn1. The summed E-state index contributed by atoms with van der Waals surface area (Å²) in [5.41, 5.74) is 0. The van der Waals surface area contributed by atoms with Crippen LogP contribution in [0.3, 0.4) is 0 Å². The lowest BCUT2D eigenvalue weighted by Crippen LogP contribution is -2.14. The van der Waals surface area contributed by atoms with Crippen molar-refractivity contribution in [3.8, 4) is 5.88 Å². The Bertz CT molecular complexity index is 345. The quantitative estimate of drug-likeness (QED) is 0.855. The van der Waals surface area contributed by atoms with Crippen LogP contribution in [0.25, 0.3) is 0 Å². The van der Waals surface area contributed by atoms with E-state index >= 15 is 0 Å². The molecule has 0 atom stereocenters. The zero-order valence-electron chi connectivity index (χ0n) is 8.31. The Hall–Kier alpha value is -1.99. The summed E-state index contributed by atoms with van der Waals surface area (Å²) in [7, 11) is 0. The van der Waals surface area contributed by atoms with Gasteiger partial charge in [0.1, 0.15) is 0 Å². The van der Waals surface area contributed by atoms with Crippen molar-refractivity contribution in [2.45, 2.75) is 13.5 Å². The molecule has 1 heterocycles. The van der Waals surface area contributed by atoms with Crippen molar-refractivity contribution in [3.05, 3.63) is 12.4 Å². The zero-order valence-corrected chi connectivity index (χ0v) is 8.31. The van der Waals surface area contributed by atoms with Gasteiger partial charge in [-0.15, -0.1) is 0 Å². The van der Waals surface area contributed by atoms with Gasteiger partial charge < -0.3 is 9.47 Å². The monoisotopic (exact) mass is 233 g/mol. The van der Waals surface area contributed by atoms with E-state index in [0.29, 0.717) is 0 Å². The molecule has 6 nitrogen and oxygen atoms in total. The van der Waals surface area contributed by atoms with Crippen molar-refractivity contribution in [1.29, 1.82) is 0 Å². The third-order valence-corrected chi connectivity index (χ3v) is 1.34. The molecule has 1 N–H and O–H groups in total. The van der Waals surface area contributed by atoms with Gasteiger partial charge in [0, 0.05) is 0 Å². The largest absolute Gasteiger partial charge is 0.450 e. The molecule has 0 aliphatic rings. The van der Waals surface area contributed by atoms with Crippen molar-refractivity contribution in [3.63, 3.8) is 0 Å². The van der Waals surface area contributed by atoms with E-state index in [-0.39, 0.29) is 18.3 Å².